The molecule has 3 aromatic heterocycles. The largest absolute Gasteiger partial charge is 0.405 e. The van der Waals surface area contributed by atoms with E-state index in [0.29, 0.717) is 23.9 Å². The number of allylic oxidation sites excluding steroid dienone is 1. The third-order valence-electron chi connectivity index (χ3n) is 5.26. The Morgan fingerprint density at radius 1 is 1.19 bits per heavy atom. The first kappa shape index (κ1) is 21.4. The lowest BCUT2D eigenvalue weighted by atomic mass is 10.2. The molecule has 1 saturated heterocycles. The van der Waals surface area contributed by atoms with Crippen molar-refractivity contribution in [2.45, 2.75) is 13.5 Å². The minimum absolute atomic E-state index is 0.169. The summed E-state index contributed by atoms with van der Waals surface area (Å²) >= 11 is 0. The van der Waals surface area contributed by atoms with Crippen LogP contribution in [0, 0.1) is 12.7 Å². The smallest absolute Gasteiger partial charge is 0.205 e. The second kappa shape index (κ2) is 10.0. The van der Waals surface area contributed by atoms with Crippen LogP contribution in [0.2, 0.25) is 0 Å². The highest BCUT2D eigenvalue weighted by molar-refractivity contribution is 5.73. The second-order valence-electron chi connectivity index (χ2n) is 7.40. The minimum atomic E-state index is -0.355. The molecule has 4 rings (SSSR count). The van der Waals surface area contributed by atoms with E-state index in [-0.39, 0.29) is 11.6 Å². The number of hydrogen-bond acceptors (Lipinski definition) is 8. The van der Waals surface area contributed by atoms with Crippen molar-refractivity contribution in [3.05, 3.63) is 66.1 Å². The normalized spacial score (nSPS) is 15.1. The summed E-state index contributed by atoms with van der Waals surface area (Å²) in [4.78, 5) is 24.4. The molecule has 0 amide bonds. The van der Waals surface area contributed by atoms with Gasteiger partial charge in [0.2, 0.25) is 5.95 Å². The number of aliphatic imine (C=N–C) groups is 1. The quantitative estimate of drug-likeness (QED) is 0.489. The third kappa shape index (κ3) is 5.09. The van der Waals surface area contributed by atoms with Crippen LogP contribution in [0.5, 0.6) is 0 Å². The van der Waals surface area contributed by atoms with E-state index in [0.717, 1.165) is 37.6 Å². The molecule has 0 unspecified atom stereocenters. The molecular formula is C22H26FN9. The van der Waals surface area contributed by atoms with Crippen molar-refractivity contribution in [3.63, 3.8) is 0 Å². The van der Waals surface area contributed by atoms with Crippen LogP contribution in [0.4, 0.5) is 27.7 Å². The van der Waals surface area contributed by atoms with E-state index >= 15 is 0 Å². The van der Waals surface area contributed by atoms with Gasteiger partial charge in [-0.1, -0.05) is 0 Å². The summed E-state index contributed by atoms with van der Waals surface area (Å²) < 4.78 is 14.9. The number of anilines is 3. The maximum Gasteiger partial charge on any atom is 0.205 e. The highest BCUT2D eigenvalue weighted by Gasteiger charge is 2.21. The molecule has 1 aliphatic rings. The molecule has 0 radical (unpaired) electrons. The van der Waals surface area contributed by atoms with E-state index < -0.39 is 0 Å². The predicted molar refractivity (Wildman–Crippen MR) is 124 cm³/mol. The van der Waals surface area contributed by atoms with Crippen molar-refractivity contribution < 1.29 is 4.39 Å². The second-order valence-corrected chi connectivity index (χ2v) is 7.40. The van der Waals surface area contributed by atoms with E-state index in [2.05, 4.69) is 40.0 Å². The van der Waals surface area contributed by atoms with Crippen LogP contribution in [-0.2, 0) is 6.54 Å². The average molecular weight is 436 g/mol. The number of nitrogens with zero attached hydrogens (tertiary/aromatic N) is 6. The Bertz CT molecular complexity index is 1090. The highest BCUT2D eigenvalue weighted by atomic mass is 19.1. The molecule has 4 N–H and O–H groups in total. The van der Waals surface area contributed by atoms with Crippen LogP contribution < -0.4 is 16.0 Å². The number of H-pyrrole nitrogens is 1. The fraction of sp³-hybridized carbons (Fsp3) is 0.273. The first-order valence-electron chi connectivity index (χ1n) is 10.4. The molecule has 3 aromatic rings. The van der Waals surface area contributed by atoms with Crippen molar-refractivity contribution in [1.29, 1.82) is 0 Å². The predicted octanol–water partition coefficient (Wildman–Crippen LogP) is 2.89. The number of hydrogen-bond donors (Lipinski definition) is 3. The molecule has 0 bridgehead atoms. The summed E-state index contributed by atoms with van der Waals surface area (Å²) in [6.45, 7) is 5.83. The van der Waals surface area contributed by atoms with Gasteiger partial charge in [-0.3, -0.25) is 4.90 Å². The van der Waals surface area contributed by atoms with Gasteiger partial charge in [-0.15, -0.1) is 0 Å². The monoisotopic (exact) mass is 435 g/mol. The van der Waals surface area contributed by atoms with Gasteiger partial charge in [-0.05, 0) is 37.4 Å². The van der Waals surface area contributed by atoms with Crippen molar-refractivity contribution in [3.8, 4) is 0 Å². The van der Waals surface area contributed by atoms with Gasteiger partial charge in [-0.25, -0.2) is 24.3 Å². The zero-order valence-electron chi connectivity index (χ0n) is 17.9. The SMILES string of the molecule is Cc1nc(N=C/C=C\N)ccc1N1CCN(Cc2ccnc(Nc3ncc[nH]3)c2F)CC1. The number of imidazole rings is 1. The Morgan fingerprint density at radius 2 is 2.03 bits per heavy atom. The van der Waals surface area contributed by atoms with Gasteiger partial charge < -0.3 is 20.9 Å². The Balaban J connectivity index is 1.36. The highest BCUT2D eigenvalue weighted by Crippen LogP contribution is 2.24. The lowest BCUT2D eigenvalue weighted by Gasteiger charge is -2.36. The molecule has 4 heterocycles. The van der Waals surface area contributed by atoms with Crippen LogP contribution in [0.3, 0.4) is 0 Å². The van der Waals surface area contributed by atoms with E-state index in [1.807, 2.05) is 19.1 Å². The molecule has 1 aliphatic heterocycles. The van der Waals surface area contributed by atoms with Gasteiger partial charge in [0, 0.05) is 63.1 Å². The Kier molecular flexibility index (Phi) is 6.71. The molecule has 10 heteroatoms. The molecule has 0 spiro atoms. The van der Waals surface area contributed by atoms with Gasteiger partial charge in [-0.2, -0.15) is 0 Å². The first-order chi connectivity index (χ1) is 15.6. The van der Waals surface area contributed by atoms with Crippen LogP contribution in [-0.4, -0.2) is 57.2 Å². The van der Waals surface area contributed by atoms with Crippen LogP contribution in [0.1, 0.15) is 11.3 Å². The molecule has 1 fully saturated rings. The maximum absolute atomic E-state index is 14.9. The van der Waals surface area contributed by atoms with Gasteiger partial charge in [0.15, 0.2) is 17.5 Å². The number of aromatic amines is 1. The topological polar surface area (TPSA) is 111 Å². The van der Waals surface area contributed by atoms with Crippen molar-refractivity contribution in [1.82, 2.24) is 24.8 Å². The molecule has 166 valence electrons. The minimum Gasteiger partial charge on any atom is -0.405 e. The van der Waals surface area contributed by atoms with E-state index in [9.17, 15) is 4.39 Å². The fourth-order valence-electron chi connectivity index (χ4n) is 3.64. The number of halogens is 1. The van der Waals surface area contributed by atoms with Crippen LogP contribution in [0.25, 0.3) is 0 Å². The number of nitrogens with two attached hydrogens (primary N) is 1. The Labute approximate surface area is 185 Å². The van der Waals surface area contributed by atoms with Gasteiger partial charge in [0.25, 0.3) is 0 Å². The Hall–Kier alpha value is -3.79. The van der Waals surface area contributed by atoms with Crippen molar-refractivity contribution >= 4 is 29.5 Å². The fourth-order valence-corrected chi connectivity index (χ4v) is 3.64. The summed E-state index contributed by atoms with van der Waals surface area (Å²) in [6.07, 6.45) is 9.59. The van der Waals surface area contributed by atoms with Crippen molar-refractivity contribution in [2.75, 3.05) is 36.4 Å². The molecule has 0 aliphatic carbocycles. The lowest BCUT2D eigenvalue weighted by molar-refractivity contribution is 0.246. The van der Waals surface area contributed by atoms with E-state index in [1.54, 1.807) is 36.9 Å². The Morgan fingerprint density at radius 3 is 2.75 bits per heavy atom. The number of aromatic nitrogens is 4. The number of piperazine rings is 1. The van der Waals surface area contributed by atoms with Crippen LogP contribution >= 0.6 is 0 Å². The number of aryl methyl sites for hydroxylation is 1. The maximum atomic E-state index is 14.9. The summed E-state index contributed by atoms with van der Waals surface area (Å²) in [5.41, 5.74) is 7.94. The first-order valence-corrected chi connectivity index (χ1v) is 10.4. The molecule has 0 saturated carbocycles. The van der Waals surface area contributed by atoms with Gasteiger partial charge in [0.05, 0.1) is 11.4 Å². The zero-order valence-corrected chi connectivity index (χ0v) is 17.9. The van der Waals surface area contributed by atoms with Crippen molar-refractivity contribution in [2.24, 2.45) is 10.7 Å². The van der Waals surface area contributed by atoms with E-state index in [4.69, 9.17) is 5.73 Å². The number of nitrogens with one attached hydrogen (secondary N) is 2. The standard InChI is InChI=1S/C22H26FN9/c1-16-18(3-4-19(29-16)25-7-2-6-24)32-13-11-31(12-14-32)15-17-5-8-26-21(20(17)23)30-22-27-9-10-28-22/h2-10H,11-15,24H2,1H3,(H2,26,27,28,30)/b6-2-,25-7?. The molecule has 0 aromatic carbocycles. The number of rotatable bonds is 7. The zero-order chi connectivity index (χ0) is 22.3. The van der Waals surface area contributed by atoms with Gasteiger partial charge in [0.1, 0.15) is 0 Å². The third-order valence-corrected chi connectivity index (χ3v) is 5.26. The number of pyridine rings is 2. The van der Waals surface area contributed by atoms with Crippen LogP contribution in [0.15, 0.2) is 54.1 Å². The lowest BCUT2D eigenvalue weighted by Crippen LogP contribution is -2.46. The molecule has 9 nitrogen and oxygen atoms in total. The summed E-state index contributed by atoms with van der Waals surface area (Å²) in [5.74, 6) is 0.920. The summed E-state index contributed by atoms with van der Waals surface area (Å²) in [5, 5.41) is 2.88. The summed E-state index contributed by atoms with van der Waals surface area (Å²) in [6, 6.07) is 5.67. The van der Waals surface area contributed by atoms with Gasteiger partial charge >= 0.3 is 0 Å². The molecule has 32 heavy (non-hydrogen) atoms. The molecule has 0 atom stereocenters. The summed E-state index contributed by atoms with van der Waals surface area (Å²) in [7, 11) is 0. The van der Waals surface area contributed by atoms with E-state index in [1.165, 1.54) is 6.20 Å². The average Bonchev–Trinajstić information content (AvgIpc) is 3.31. The molecular weight excluding hydrogens is 409 g/mol.